The van der Waals surface area contributed by atoms with Crippen LogP contribution in [0.2, 0.25) is 0 Å². The predicted molar refractivity (Wildman–Crippen MR) is 135 cm³/mol. The van der Waals surface area contributed by atoms with Gasteiger partial charge in [-0.3, -0.25) is 14.6 Å². The summed E-state index contributed by atoms with van der Waals surface area (Å²) in [7, 11) is 0. The molecule has 0 bridgehead atoms. The molecule has 190 valence electrons. The van der Waals surface area contributed by atoms with E-state index in [1.165, 1.54) is 34.0 Å². The Balaban J connectivity index is 1.67. The van der Waals surface area contributed by atoms with Crippen LogP contribution >= 0.6 is 0 Å². The van der Waals surface area contributed by atoms with E-state index < -0.39 is 11.6 Å². The Bertz CT molecular complexity index is 1340. The van der Waals surface area contributed by atoms with Gasteiger partial charge in [0.1, 0.15) is 18.4 Å². The minimum absolute atomic E-state index is 0.184. The molecular weight excluding hydrogens is 473 g/mol. The van der Waals surface area contributed by atoms with Gasteiger partial charge < -0.3 is 10.2 Å². The molecule has 9 nitrogen and oxygen atoms in total. The molecule has 2 heterocycles. The van der Waals surface area contributed by atoms with Gasteiger partial charge in [-0.05, 0) is 73.5 Å². The Morgan fingerprint density at radius 3 is 2.32 bits per heavy atom. The number of rotatable bonds is 8. The van der Waals surface area contributed by atoms with Crippen LogP contribution in [0.3, 0.4) is 0 Å². The molecule has 0 aliphatic carbocycles. The number of nitrogens with one attached hydrogen (secondary N) is 1. The van der Waals surface area contributed by atoms with Gasteiger partial charge in [0, 0.05) is 30.0 Å². The lowest BCUT2D eigenvalue weighted by atomic mass is 10.0. The molecule has 0 aliphatic heterocycles. The molecule has 4 aromatic rings. The van der Waals surface area contributed by atoms with Gasteiger partial charge in [-0.1, -0.05) is 30.3 Å². The second-order valence-electron chi connectivity index (χ2n) is 9.58. The zero-order valence-corrected chi connectivity index (χ0v) is 20.9. The fourth-order valence-electron chi connectivity index (χ4n) is 3.80. The Kier molecular flexibility index (Phi) is 7.66. The Morgan fingerprint density at radius 1 is 1.00 bits per heavy atom. The predicted octanol–water partition coefficient (Wildman–Crippen LogP) is 3.56. The molecule has 0 aliphatic rings. The van der Waals surface area contributed by atoms with E-state index in [4.69, 9.17) is 0 Å². The van der Waals surface area contributed by atoms with E-state index in [1.54, 1.807) is 24.5 Å². The van der Waals surface area contributed by atoms with Crippen LogP contribution in [0.5, 0.6) is 0 Å². The number of hydrogen-bond acceptors (Lipinski definition) is 6. The summed E-state index contributed by atoms with van der Waals surface area (Å²) in [6.45, 7) is 5.59. The molecule has 0 fully saturated rings. The number of carbonyl (C=O) groups excluding carboxylic acids is 2. The summed E-state index contributed by atoms with van der Waals surface area (Å²) < 4.78 is 13.3. The lowest BCUT2D eigenvalue weighted by Gasteiger charge is -2.33. The van der Waals surface area contributed by atoms with Crippen LogP contribution in [-0.4, -0.2) is 47.4 Å². The lowest BCUT2D eigenvalue weighted by Crippen LogP contribution is -2.49. The minimum Gasteiger partial charge on any atom is -0.349 e. The number of tetrazole rings is 1. The van der Waals surface area contributed by atoms with Gasteiger partial charge in [-0.25, -0.2) is 4.39 Å². The fraction of sp³-hybridized carbons (Fsp3) is 0.259. The van der Waals surface area contributed by atoms with Gasteiger partial charge in [0.15, 0.2) is 0 Å². The average Bonchev–Trinajstić information content (AvgIpc) is 3.32. The summed E-state index contributed by atoms with van der Waals surface area (Å²) in [5.74, 6) is -0.809. The molecule has 1 N–H and O–H groups in total. The number of halogens is 1. The van der Waals surface area contributed by atoms with E-state index in [0.717, 1.165) is 5.56 Å². The first-order valence-corrected chi connectivity index (χ1v) is 11.8. The first-order chi connectivity index (χ1) is 17.7. The zero-order valence-electron chi connectivity index (χ0n) is 20.9. The highest BCUT2D eigenvalue weighted by Gasteiger charge is 2.33. The normalized spacial score (nSPS) is 12.1. The van der Waals surface area contributed by atoms with Gasteiger partial charge in [0.05, 0.1) is 0 Å². The van der Waals surface area contributed by atoms with Gasteiger partial charge >= 0.3 is 0 Å². The number of nitrogens with zero attached hydrogens (tertiary/aromatic N) is 6. The molecule has 0 saturated heterocycles. The summed E-state index contributed by atoms with van der Waals surface area (Å²) >= 11 is 0. The molecule has 0 saturated carbocycles. The van der Waals surface area contributed by atoms with Crippen molar-refractivity contribution in [1.29, 1.82) is 0 Å². The number of hydrogen-bond donors (Lipinski definition) is 1. The second kappa shape index (κ2) is 11.1. The van der Waals surface area contributed by atoms with Crippen molar-refractivity contribution in [3.05, 3.63) is 96.1 Å². The Hall–Kier alpha value is -4.47. The number of amides is 2. The third-order valence-corrected chi connectivity index (χ3v) is 5.43. The van der Waals surface area contributed by atoms with Crippen molar-refractivity contribution in [3.8, 4) is 11.4 Å². The maximum Gasteiger partial charge on any atom is 0.247 e. The van der Waals surface area contributed by atoms with Gasteiger partial charge in [0.2, 0.25) is 17.6 Å². The molecule has 0 unspecified atom stereocenters. The highest BCUT2D eigenvalue weighted by atomic mass is 19.1. The number of pyridine rings is 1. The molecule has 0 spiro atoms. The van der Waals surface area contributed by atoms with E-state index in [9.17, 15) is 14.0 Å². The van der Waals surface area contributed by atoms with E-state index in [1.807, 2.05) is 51.1 Å². The molecule has 2 aromatic carbocycles. The fourth-order valence-corrected chi connectivity index (χ4v) is 3.80. The number of aromatic nitrogens is 5. The van der Waals surface area contributed by atoms with Crippen LogP contribution in [0.25, 0.3) is 11.4 Å². The first-order valence-electron chi connectivity index (χ1n) is 11.8. The van der Waals surface area contributed by atoms with Crippen molar-refractivity contribution in [3.63, 3.8) is 0 Å². The van der Waals surface area contributed by atoms with E-state index in [0.29, 0.717) is 11.1 Å². The molecule has 37 heavy (non-hydrogen) atoms. The SMILES string of the molecule is CC(C)(C)NC(=O)[C@H](c1ccncc1)N(Cc1ccccc1)C(=O)Cn1nnc(-c2ccc(F)cc2)n1. The number of benzene rings is 2. The third kappa shape index (κ3) is 6.81. The molecule has 10 heteroatoms. The molecular formula is C27H28FN7O2. The molecule has 4 rings (SSSR count). The summed E-state index contributed by atoms with van der Waals surface area (Å²) in [5.41, 5.74) is 1.54. The largest absolute Gasteiger partial charge is 0.349 e. The topological polar surface area (TPSA) is 106 Å². The zero-order chi connectivity index (χ0) is 26.4. The van der Waals surface area contributed by atoms with Crippen molar-refractivity contribution in [2.75, 3.05) is 0 Å². The summed E-state index contributed by atoms with van der Waals surface area (Å²) in [6, 6.07) is 17.6. The summed E-state index contributed by atoms with van der Waals surface area (Å²) in [4.78, 5) is 34.0. The third-order valence-electron chi connectivity index (χ3n) is 5.43. The maximum atomic E-state index is 13.7. The Labute approximate surface area is 214 Å². The van der Waals surface area contributed by atoms with Gasteiger partial charge in [0.25, 0.3) is 0 Å². The van der Waals surface area contributed by atoms with Gasteiger partial charge in [-0.2, -0.15) is 4.80 Å². The van der Waals surface area contributed by atoms with Crippen LogP contribution in [0.1, 0.15) is 37.9 Å². The molecule has 2 aromatic heterocycles. The summed E-state index contributed by atoms with van der Waals surface area (Å²) in [5, 5.41) is 15.3. The van der Waals surface area contributed by atoms with Crippen molar-refractivity contribution in [2.24, 2.45) is 0 Å². The van der Waals surface area contributed by atoms with Crippen LogP contribution in [0.15, 0.2) is 79.1 Å². The van der Waals surface area contributed by atoms with E-state index >= 15 is 0 Å². The van der Waals surface area contributed by atoms with E-state index in [2.05, 4.69) is 25.7 Å². The minimum atomic E-state index is -0.921. The van der Waals surface area contributed by atoms with Crippen LogP contribution in [0.4, 0.5) is 4.39 Å². The Morgan fingerprint density at radius 2 is 1.68 bits per heavy atom. The highest BCUT2D eigenvalue weighted by molar-refractivity contribution is 5.89. The van der Waals surface area contributed by atoms with Crippen LogP contribution in [0, 0.1) is 5.82 Å². The van der Waals surface area contributed by atoms with Crippen LogP contribution in [-0.2, 0) is 22.7 Å². The highest BCUT2D eigenvalue weighted by Crippen LogP contribution is 2.25. The van der Waals surface area contributed by atoms with Gasteiger partial charge in [-0.15, -0.1) is 10.2 Å². The van der Waals surface area contributed by atoms with Crippen molar-refractivity contribution < 1.29 is 14.0 Å². The smallest absolute Gasteiger partial charge is 0.247 e. The maximum absolute atomic E-state index is 13.7. The number of carbonyl (C=O) groups is 2. The standard InChI is InChI=1S/C27H28FN7O2/c1-27(2,3)30-26(37)24(20-13-15-29-16-14-20)34(17-19-7-5-4-6-8-19)23(36)18-35-32-25(31-33-35)21-9-11-22(28)12-10-21/h4-16,24H,17-18H2,1-3H3,(H,30,37)/t24-/m0/s1. The molecule has 0 radical (unpaired) electrons. The lowest BCUT2D eigenvalue weighted by molar-refractivity contribution is -0.143. The first kappa shape index (κ1) is 25.6. The van der Waals surface area contributed by atoms with E-state index in [-0.39, 0.29) is 36.5 Å². The molecule has 1 atom stereocenters. The van der Waals surface area contributed by atoms with Crippen molar-refractivity contribution >= 4 is 11.8 Å². The molecule has 2 amide bonds. The van der Waals surface area contributed by atoms with Crippen LogP contribution < -0.4 is 5.32 Å². The van der Waals surface area contributed by atoms with Crippen molar-refractivity contribution in [1.82, 2.24) is 35.4 Å². The average molecular weight is 502 g/mol. The monoisotopic (exact) mass is 501 g/mol. The second-order valence-corrected chi connectivity index (χ2v) is 9.58. The van der Waals surface area contributed by atoms with Crippen molar-refractivity contribution in [2.45, 2.75) is 45.4 Å². The summed E-state index contributed by atoms with van der Waals surface area (Å²) in [6.07, 6.45) is 3.18. The quantitative estimate of drug-likeness (QED) is 0.396.